The molecular weight excluding hydrogens is 572 g/mol. The highest BCUT2D eigenvalue weighted by molar-refractivity contribution is 5.98. The van der Waals surface area contributed by atoms with E-state index in [1.807, 2.05) is 0 Å². The smallest absolute Gasteiger partial charge is 0.346 e. The Labute approximate surface area is 239 Å². The van der Waals surface area contributed by atoms with Crippen LogP contribution in [0.1, 0.15) is 11.1 Å². The summed E-state index contributed by atoms with van der Waals surface area (Å²) in [6.45, 7) is 0. The van der Waals surface area contributed by atoms with E-state index in [4.69, 9.17) is 0 Å². The number of aromatic amines is 2. The van der Waals surface area contributed by atoms with Gasteiger partial charge in [0, 0.05) is 0 Å². The summed E-state index contributed by atoms with van der Waals surface area (Å²) in [5.41, 5.74) is -2.80. The maximum Gasteiger partial charge on any atom is 0.346 e. The van der Waals surface area contributed by atoms with E-state index in [2.05, 4.69) is 67.4 Å². The molecule has 0 fully saturated rings. The Balaban J connectivity index is 0.000000108. The van der Waals surface area contributed by atoms with Crippen molar-refractivity contribution in [1.29, 1.82) is 0 Å². The predicted molar refractivity (Wildman–Crippen MR) is 164 cm³/mol. The standard InChI is InChI=1S/C12H8.C10H4N2O4.C10H2O6/c1-3-9-7-11-5-2-6-12(11)8-10(9)4-1;13-7-3-1-4-6(10(16)12-8(4)14)2-5(3)9(15)11-7;11-7-3-1-4-6(10(14)16-8(4)12)2-5(3)9(13)15-7/h1-8H;1-2H,(H,11,13,15)(H,12,14,16);1-2H. The van der Waals surface area contributed by atoms with E-state index in [0.717, 1.165) is 12.1 Å². The lowest BCUT2D eigenvalue weighted by atomic mass is 10.1. The molecule has 7 aromatic rings. The normalized spacial score (nSPS) is 12.5. The number of aromatic nitrogens is 2. The summed E-state index contributed by atoms with van der Waals surface area (Å²) in [5, 5.41) is 3.14. The summed E-state index contributed by atoms with van der Waals surface area (Å²) < 4.78 is 8.68. The van der Waals surface area contributed by atoms with Gasteiger partial charge in [0.15, 0.2) is 0 Å². The van der Waals surface area contributed by atoms with Crippen LogP contribution in [0.2, 0.25) is 0 Å². The summed E-state index contributed by atoms with van der Waals surface area (Å²) in [7, 11) is 0. The quantitative estimate of drug-likeness (QED) is 0.240. The molecule has 4 heterocycles. The van der Waals surface area contributed by atoms with E-state index >= 15 is 0 Å². The molecule has 0 atom stereocenters. The molecule has 3 aromatic carbocycles. The molecule has 12 nitrogen and oxygen atoms in total. The van der Waals surface area contributed by atoms with E-state index in [1.165, 1.54) is 33.7 Å². The van der Waals surface area contributed by atoms with Crippen LogP contribution in [0.5, 0.6) is 0 Å². The lowest BCUT2D eigenvalue weighted by Gasteiger charge is -1.94. The molecule has 0 saturated carbocycles. The van der Waals surface area contributed by atoms with E-state index < -0.39 is 44.7 Å². The zero-order valence-electron chi connectivity index (χ0n) is 22.0. The number of fused-ring (bicyclic) bond motifs is 6. The molecule has 0 saturated heterocycles. The van der Waals surface area contributed by atoms with Crippen LogP contribution in [0.3, 0.4) is 0 Å². The first-order valence-corrected chi connectivity index (χ1v) is 12.9. The minimum absolute atomic E-state index is 0.0181. The van der Waals surface area contributed by atoms with Crippen molar-refractivity contribution >= 4 is 67.4 Å². The van der Waals surface area contributed by atoms with Gasteiger partial charge in [0.05, 0.1) is 43.1 Å². The van der Waals surface area contributed by atoms with Crippen LogP contribution in [0, 0.1) is 0 Å². The molecule has 2 aliphatic rings. The van der Waals surface area contributed by atoms with Crippen molar-refractivity contribution in [3.8, 4) is 0 Å². The zero-order chi connectivity index (χ0) is 30.9. The highest BCUT2D eigenvalue weighted by Gasteiger charge is 2.16. The highest BCUT2D eigenvalue weighted by atomic mass is 16.4. The summed E-state index contributed by atoms with van der Waals surface area (Å²) >= 11 is 0. The van der Waals surface area contributed by atoms with Crippen LogP contribution in [-0.2, 0) is 0 Å². The predicted octanol–water partition coefficient (Wildman–Crippen LogP) is -0.238. The molecule has 212 valence electrons. The molecule has 2 N–H and O–H groups in total. The molecule has 12 heteroatoms. The van der Waals surface area contributed by atoms with Crippen molar-refractivity contribution in [2.75, 3.05) is 0 Å². The number of nitrogens with one attached hydrogen (secondary N) is 2. The Morgan fingerprint density at radius 3 is 1.00 bits per heavy atom. The Morgan fingerprint density at radius 1 is 0.386 bits per heavy atom. The molecule has 44 heavy (non-hydrogen) atoms. The van der Waals surface area contributed by atoms with Crippen LogP contribution in [0.15, 0.2) is 95.7 Å². The second kappa shape index (κ2) is 9.49. The number of furan rings is 2. The number of H-pyrrole nitrogens is 2. The Morgan fingerprint density at radius 2 is 0.682 bits per heavy atom. The fourth-order valence-corrected chi connectivity index (χ4v) is 5.25. The first kappa shape index (κ1) is 26.3. The fourth-order valence-electron chi connectivity index (χ4n) is 5.25. The number of hydrogen-bond acceptors (Lipinski definition) is 10. The number of allylic oxidation sites excluding steroid dienone is 2. The van der Waals surface area contributed by atoms with Crippen LogP contribution in [-0.4, -0.2) is 9.97 Å². The van der Waals surface area contributed by atoms with Crippen molar-refractivity contribution < 1.29 is 8.83 Å². The summed E-state index contributed by atoms with van der Waals surface area (Å²) in [4.78, 5) is 94.2. The van der Waals surface area contributed by atoms with E-state index in [9.17, 15) is 38.4 Å². The van der Waals surface area contributed by atoms with Crippen LogP contribution in [0.4, 0.5) is 0 Å². The summed E-state index contributed by atoms with van der Waals surface area (Å²) in [6.07, 6.45) is 12.8. The van der Waals surface area contributed by atoms with Gasteiger partial charge in [-0.2, -0.15) is 0 Å². The third-order valence-corrected chi connectivity index (χ3v) is 7.39. The van der Waals surface area contributed by atoms with Gasteiger partial charge < -0.3 is 8.83 Å². The summed E-state index contributed by atoms with van der Waals surface area (Å²) in [5.74, 6) is 0. The monoisotopic (exact) mass is 586 g/mol. The van der Waals surface area contributed by atoms with Crippen molar-refractivity contribution in [3.63, 3.8) is 0 Å². The van der Waals surface area contributed by atoms with E-state index in [-0.39, 0.29) is 43.1 Å². The average molecular weight is 586 g/mol. The SMILES string of the molecule is C1=Cc2cc3c(cc2=C1)C=CC=3.O=c1[nH]c(=O)c2cc3c(=O)[nH]c(=O)c3cc12.O=c1oc(=O)c2cc3c(=O)oc(=O)c3cc12. The first-order chi connectivity index (χ1) is 21.1. The molecule has 0 radical (unpaired) electrons. The van der Waals surface area contributed by atoms with Crippen LogP contribution in [0.25, 0.3) is 67.4 Å². The molecule has 0 spiro atoms. The van der Waals surface area contributed by atoms with Gasteiger partial charge in [0.2, 0.25) is 0 Å². The van der Waals surface area contributed by atoms with E-state index in [1.54, 1.807) is 0 Å². The molecule has 9 rings (SSSR count). The van der Waals surface area contributed by atoms with Gasteiger partial charge >= 0.3 is 22.5 Å². The third-order valence-electron chi connectivity index (χ3n) is 7.39. The Bertz CT molecular complexity index is 2500. The van der Waals surface area contributed by atoms with Gasteiger partial charge in [-0.05, 0) is 58.0 Å². The van der Waals surface area contributed by atoms with Crippen molar-refractivity contribution in [2.24, 2.45) is 0 Å². The van der Waals surface area contributed by atoms with Gasteiger partial charge in [-0.25, -0.2) is 19.2 Å². The number of rotatable bonds is 0. The largest absolute Gasteiger partial charge is 0.386 e. The second-order valence-corrected chi connectivity index (χ2v) is 9.97. The summed E-state index contributed by atoms with van der Waals surface area (Å²) in [6, 6.07) is 9.31. The van der Waals surface area contributed by atoms with Crippen molar-refractivity contribution in [3.05, 3.63) is 153 Å². The molecule has 4 aromatic heterocycles. The Kier molecular flexibility index (Phi) is 5.68. The first-order valence-electron chi connectivity index (χ1n) is 12.9. The Hall–Kier alpha value is -6.56. The molecule has 0 amide bonds. The maximum absolute atomic E-state index is 11.3. The topological polar surface area (TPSA) is 194 Å². The van der Waals surface area contributed by atoms with E-state index in [0.29, 0.717) is 0 Å². The van der Waals surface area contributed by atoms with Crippen LogP contribution < -0.4 is 55.2 Å². The van der Waals surface area contributed by atoms with Crippen molar-refractivity contribution in [2.45, 2.75) is 0 Å². The number of hydrogen-bond donors (Lipinski definition) is 2. The highest BCUT2D eigenvalue weighted by Crippen LogP contribution is 2.14. The van der Waals surface area contributed by atoms with Gasteiger partial charge in [0.25, 0.3) is 22.2 Å². The van der Waals surface area contributed by atoms with Crippen LogP contribution >= 0.6 is 0 Å². The van der Waals surface area contributed by atoms with Gasteiger partial charge in [-0.3, -0.25) is 29.1 Å². The zero-order valence-corrected chi connectivity index (χ0v) is 22.0. The van der Waals surface area contributed by atoms with Crippen molar-refractivity contribution in [1.82, 2.24) is 9.97 Å². The second-order valence-electron chi connectivity index (χ2n) is 9.97. The molecule has 0 aliphatic heterocycles. The maximum atomic E-state index is 11.3. The number of benzene rings is 3. The fraction of sp³-hybridized carbons (Fsp3) is 0. The lowest BCUT2D eigenvalue weighted by molar-refractivity contribution is 0.498. The minimum Gasteiger partial charge on any atom is -0.386 e. The van der Waals surface area contributed by atoms with Gasteiger partial charge in [-0.1, -0.05) is 36.5 Å². The molecule has 0 unspecified atom stereocenters. The lowest BCUT2D eigenvalue weighted by Crippen LogP contribution is -2.12. The molecule has 2 aliphatic carbocycles. The van der Waals surface area contributed by atoms with Gasteiger partial charge in [0.1, 0.15) is 0 Å². The van der Waals surface area contributed by atoms with Gasteiger partial charge in [-0.15, -0.1) is 0 Å². The molecule has 0 bridgehead atoms. The minimum atomic E-state index is -0.824. The molecular formula is C32H14N2O10. The third kappa shape index (κ3) is 4.09. The average Bonchev–Trinajstić information content (AvgIpc) is 3.83.